The molecule has 2 aromatic carbocycles. The predicted octanol–water partition coefficient (Wildman–Crippen LogP) is 3.06. The highest BCUT2D eigenvalue weighted by Gasteiger charge is 2.15. The van der Waals surface area contributed by atoms with Crippen molar-refractivity contribution in [1.82, 2.24) is 10.2 Å². The normalized spacial score (nSPS) is 13.2. The standard InChI is InChI=1S/C23H32N2O3/c1-5-8-19-9-6-7-10-23(19)28-17-20(26)15-24-16-22(25(2)3)18-11-13-21(27-4)14-12-18/h5-7,9-14,20,22,24,26H,1,8,15-17H2,2-4H3. The molecule has 2 N–H and O–H groups in total. The van der Waals surface area contributed by atoms with Crippen LogP contribution in [0.25, 0.3) is 0 Å². The maximum Gasteiger partial charge on any atom is 0.122 e. The highest BCUT2D eigenvalue weighted by atomic mass is 16.5. The summed E-state index contributed by atoms with van der Waals surface area (Å²) in [5.74, 6) is 1.64. The van der Waals surface area contributed by atoms with E-state index >= 15 is 0 Å². The lowest BCUT2D eigenvalue weighted by Crippen LogP contribution is -2.37. The van der Waals surface area contributed by atoms with E-state index in [0.717, 1.165) is 30.0 Å². The van der Waals surface area contributed by atoms with Crippen molar-refractivity contribution in [2.45, 2.75) is 18.6 Å². The van der Waals surface area contributed by atoms with Crippen LogP contribution in [-0.4, -0.2) is 57.0 Å². The Hall–Kier alpha value is -2.34. The Morgan fingerprint density at radius 1 is 1.11 bits per heavy atom. The van der Waals surface area contributed by atoms with Crippen LogP contribution in [0.4, 0.5) is 0 Å². The molecule has 152 valence electrons. The number of methoxy groups -OCH3 is 1. The van der Waals surface area contributed by atoms with Crippen molar-refractivity contribution in [2.24, 2.45) is 0 Å². The molecule has 0 aromatic heterocycles. The smallest absolute Gasteiger partial charge is 0.122 e. The van der Waals surface area contributed by atoms with E-state index in [0.29, 0.717) is 6.54 Å². The molecular weight excluding hydrogens is 352 g/mol. The number of allylic oxidation sites excluding steroid dienone is 1. The quantitative estimate of drug-likeness (QED) is 0.551. The third-order valence-corrected chi connectivity index (χ3v) is 4.61. The second-order valence-corrected chi connectivity index (χ2v) is 6.98. The molecule has 0 saturated heterocycles. The minimum Gasteiger partial charge on any atom is -0.497 e. The van der Waals surface area contributed by atoms with E-state index in [2.05, 4.69) is 28.9 Å². The van der Waals surface area contributed by atoms with Crippen molar-refractivity contribution in [2.75, 3.05) is 40.9 Å². The molecule has 5 nitrogen and oxygen atoms in total. The zero-order valence-corrected chi connectivity index (χ0v) is 17.1. The van der Waals surface area contributed by atoms with Crippen molar-refractivity contribution < 1.29 is 14.6 Å². The Morgan fingerprint density at radius 2 is 1.82 bits per heavy atom. The first-order valence-electron chi connectivity index (χ1n) is 9.56. The van der Waals surface area contributed by atoms with E-state index in [4.69, 9.17) is 9.47 Å². The third kappa shape index (κ3) is 6.68. The summed E-state index contributed by atoms with van der Waals surface area (Å²) in [6.07, 6.45) is 2.01. The van der Waals surface area contributed by atoms with Gasteiger partial charge in [-0.25, -0.2) is 0 Å². The van der Waals surface area contributed by atoms with E-state index in [1.807, 2.05) is 56.6 Å². The van der Waals surface area contributed by atoms with E-state index < -0.39 is 6.10 Å². The summed E-state index contributed by atoms with van der Waals surface area (Å²) in [7, 11) is 5.76. The van der Waals surface area contributed by atoms with Gasteiger partial charge in [-0.1, -0.05) is 36.4 Å². The fourth-order valence-electron chi connectivity index (χ4n) is 3.02. The monoisotopic (exact) mass is 384 g/mol. The summed E-state index contributed by atoms with van der Waals surface area (Å²) in [6.45, 7) is 5.21. The molecule has 28 heavy (non-hydrogen) atoms. The van der Waals surface area contributed by atoms with Gasteiger partial charge in [-0.15, -0.1) is 6.58 Å². The van der Waals surface area contributed by atoms with Gasteiger partial charge in [-0.05, 0) is 49.8 Å². The Labute approximate surface area is 168 Å². The van der Waals surface area contributed by atoms with Crippen LogP contribution >= 0.6 is 0 Å². The first kappa shape index (κ1) is 22.0. The topological polar surface area (TPSA) is 54.0 Å². The SMILES string of the molecule is C=CCc1ccccc1OCC(O)CNCC(c1ccc(OC)cc1)N(C)C. The zero-order valence-electron chi connectivity index (χ0n) is 17.1. The molecule has 0 aliphatic carbocycles. The molecule has 0 bridgehead atoms. The van der Waals surface area contributed by atoms with Crippen LogP contribution in [-0.2, 0) is 6.42 Å². The Morgan fingerprint density at radius 3 is 2.46 bits per heavy atom. The van der Waals surface area contributed by atoms with Gasteiger partial charge in [0.15, 0.2) is 0 Å². The number of nitrogens with zero attached hydrogens (tertiary/aromatic N) is 1. The number of benzene rings is 2. The molecular formula is C23H32N2O3. The molecule has 0 fully saturated rings. The summed E-state index contributed by atoms with van der Waals surface area (Å²) in [5, 5.41) is 13.6. The van der Waals surface area contributed by atoms with Gasteiger partial charge in [0, 0.05) is 19.1 Å². The molecule has 2 aromatic rings. The van der Waals surface area contributed by atoms with Gasteiger partial charge in [-0.3, -0.25) is 0 Å². The Balaban J connectivity index is 1.82. The lowest BCUT2D eigenvalue weighted by atomic mass is 10.1. The number of likely N-dealkylation sites (N-methyl/N-ethyl adjacent to an activating group) is 1. The first-order chi connectivity index (χ1) is 13.5. The maximum absolute atomic E-state index is 10.3. The second-order valence-electron chi connectivity index (χ2n) is 6.98. The van der Waals surface area contributed by atoms with Crippen molar-refractivity contribution in [3.8, 4) is 11.5 Å². The van der Waals surface area contributed by atoms with Gasteiger partial charge in [0.25, 0.3) is 0 Å². The summed E-state index contributed by atoms with van der Waals surface area (Å²) < 4.78 is 11.0. The predicted molar refractivity (Wildman–Crippen MR) is 114 cm³/mol. The Kier molecular flexibility index (Phi) is 9.01. The maximum atomic E-state index is 10.3. The summed E-state index contributed by atoms with van der Waals surface area (Å²) in [6, 6.07) is 16.1. The highest BCUT2D eigenvalue weighted by molar-refractivity contribution is 5.34. The summed E-state index contributed by atoms with van der Waals surface area (Å²) >= 11 is 0. The van der Waals surface area contributed by atoms with Gasteiger partial charge in [0.2, 0.25) is 0 Å². The van der Waals surface area contributed by atoms with Crippen molar-refractivity contribution >= 4 is 0 Å². The first-order valence-corrected chi connectivity index (χ1v) is 9.56. The fourth-order valence-corrected chi connectivity index (χ4v) is 3.02. The largest absolute Gasteiger partial charge is 0.497 e. The molecule has 0 amide bonds. The second kappa shape index (κ2) is 11.5. The van der Waals surface area contributed by atoms with Crippen LogP contribution in [0.15, 0.2) is 61.2 Å². The van der Waals surface area contributed by atoms with Gasteiger partial charge in [-0.2, -0.15) is 0 Å². The zero-order chi connectivity index (χ0) is 20.4. The molecule has 2 rings (SSSR count). The summed E-state index contributed by atoms with van der Waals surface area (Å²) in [5.41, 5.74) is 2.27. The van der Waals surface area contributed by atoms with Crippen molar-refractivity contribution in [1.29, 1.82) is 0 Å². The van der Waals surface area contributed by atoms with Crippen LogP contribution in [0, 0.1) is 0 Å². The number of hydrogen-bond donors (Lipinski definition) is 2. The molecule has 5 heteroatoms. The number of para-hydroxylation sites is 1. The van der Waals surface area contributed by atoms with E-state index in [1.165, 1.54) is 5.56 Å². The van der Waals surface area contributed by atoms with Crippen LogP contribution in [0.1, 0.15) is 17.2 Å². The van der Waals surface area contributed by atoms with E-state index in [9.17, 15) is 5.11 Å². The molecule has 2 atom stereocenters. The molecule has 0 aliphatic rings. The number of ether oxygens (including phenoxy) is 2. The van der Waals surface area contributed by atoms with Gasteiger partial charge >= 0.3 is 0 Å². The van der Waals surface area contributed by atoms with Crippen molar-refractivity contribution in [3.63, 3.8) is 0 Å². The number of nitrogens with one attached hydrogen (secondary N) is 1. The lowest BCUT2D eigenvalue weighted by molar-refractivity contribution is 0.104. The molecule has 0 spiro atoms. The average Bonchev–Trinajstić information content (AvgIpc) is 2.70. The van der Waals surface area contributed by atoms with Crippen molar-refractivity contribution in [3.05, 3.63) is 72.3 Å². The molecule has 0 saturated carbocycles. The number of aliphatic hydroxyl groups excluding tert-OH is 1. The Bertz CT molecular complexity index is 716. The highest BCUT2D eigenvalue weighted by Crippen LogP contribution is 2.21. The minimum atomic E-state index is -0.588. The minimum absolute atomic E-state index is 0.201. The molecule has 0 heterocycles. The number of aliphatic hydroxyl groups is 1. The molecule has 0 aliphatic heterocycles. The van der Waals surface area contributed by atoms with E-state index in [1.54, 1.807) is 7.11 Å². The lowest BCUT2D eigenvalue weighted by Gasteiger charge is -2.26. The van der Waals surface area contributed by atoms with E-state index in [-0.39, 0.29) is 12.6 Å². The van der Waals surface area contributed by atoms with Gasteiger partial charge in [0.1, 0.15) is 24.2 Å². The van der Waals surface area contributed by atoms with Crippen LogP contribution in [0.3, 0.4) is 0 Å². The van der Waals surface area contributed by atoms with Gasteiger partial charge < -0.3 is 24.8 Å². The number of rotatable bonds is 12. The average molecular weight is 385 g/mol. The molecule has 0 radical (unpaired) electrons. The molecule has 2 unspecified atom stereocenters. The van der Waals surface area contributed by atoms with Crippen LogP contribution in [0.2, 0.25) is 0 Å². The van der Waals surface area contributed by atoms with Crippen LogP contribution in [0.5, 0.6) is 11.5 Å². The fraction of sp³-hybridized carbons (Fsp3) is 0.391. The van der Waals surface area contributed by atoms with Crippen LogP contribution < -0.4 is 14.8 Å². The third-order valence-electron chi connectivity index (χ3n) is 4.61. The number of hydrogen-bond acceptors (Lipinski definition) is 5. The summed E-state index contributed by atoms with van der Waals surface area (Å²) in [4.78, 5) is 2.16. The van der Waals surface area contributed by atoms with Gasteiger partial charge in [0.05, 0.1) is 7.11 Å².